The highest BCUT2D eigenvalue weighted by Gasteiger charge is 2.74. The second-order valence-corrected chi connectivity index (χ2v) is 14.5. The van der Waals surface area contributed by atoms with Crippen LogP contribution in [0.15, 0.2) is 47.7 Å². The summed E-state index contributed by atoms with van der Waals surface area (Å²) in [6.07, 6.45) is 0.208. The van der Waals surface area contributed by atoms with Crippen molar-refractivity contribution < 1.29 is 34.1 Å². The number of aliphatic hydroxyl groups is 2. The van der Waals surface area contributed by atoms with E-state index < -0.39 is 63.4 Å². The number of ether oxygens (including phenoxy) is 1. The van der Waals surface area contributed by atoms with Crippen LogP contribution in [0.4, 0.5) is 15.3 Å². The van der Waals surface area contributed by atoms with Crippen LogP contribution in [0.25, 0.3) is 0 Å². The Hall–Kier alpha value is -3.50. The summed E-state index contributed by atoms with van der Waals surface area (Å²) in [6, 6.07) is 4.64. The number of alkyl carbamates (subject to hydrolysis) is 1. The minimum absolute atomic E-state index is 0.170. The molecule has 5 amide bonds. The third-order valence-electron chi connectivity index (χ3n) is 8.82. The lowest BCUT2D eigenvalue weighted by molar-refractivity contribution is -0.233. The van der Waals surface area contributed by atoms with Crippen LogP contribution < -0.4 is 26.2 Å². The lowest BCUT2D eigenvalue weighted by Crippen LogP contribution is -2.78. The molecular formula is C27H31Cl3N8O7. The Kier molecular flexibility index (Phi) is 7.55. The fraction of sp³-hybridized carbons (Fsp3) is 0.519. The van der Waals surface area contributed by atoms with Gasteiger partial charge in [0.05, 0.1) is 24.4 Å². The number of hydrogen-bond acceptors (Lipinski definition) is 11. The van der Waals surface area contributed by atoms with Gasteiger partial charge >= 0.3 is 12.1 Å². The largest absolute Gasteiger partial charge is 0.445 e. The first-order valence-corrected chi connectivity index (χ1v) is 15.2. The predicted octanol–water partition coefficient (Wildman–Crippen LogP) is 0.300. The molecule has 0 unspecified atom stereocenters. The third kappa shape index (κ3) is 5.39. The van der Waals surface area contributed by atoms with Gasteiger partial charge in [0.2, 0.25) is 21.4 Å². The molecule has 4 atom stereocenters. The van der Waals surface area contributed by atoms with Gasteiger partial charge in [-0.05, 0) is 25.0 Å². The lowest BCUT2D eigenvalue weighted by atomic mass is 9.85. The molecule has 6 rings (SSSR count). The zero-order valence-corrected chi connectivity index (χ0v) is 26.2. The molecule has 4 fully saturated rings. The lowest BCUT2D eigenvalue weighted by Gasteiger charge is -2.49. The molecule has 5 aliphatic rings. The molecule has 0 aromatic heterocycles. The Morgan fingerprint density at radius 1 is 1.20 bits per heavy atom. The molecule has 1 aromatic rings. The van der Waals surface area contributed by atoms with Crippen molar-refractivity contribution >= 4 is 70.4 Å². The Balaban J connectivity index is 1.35. The zero-order valence-electron chi connectivity index (χ0n) is 23.9. The first kappa shape index (κ1) is 31.5. The molecule has 6 N–H and O–H groups in total. The molecule has 45 heavy (non-hydrogen) atoms. The number of para-hydroxylation sites is 1. The summed E-state index contributed by atoms with van der Waals surface area (Å²) >= 11 is 17.2. The summed E-state index contributed by atoms with van der Waals surface area (Å²) in [5, 5.41) is 34.9. The number of urea groups is 1. The number of guanidine groups is 1. The maximum atomic E-state index is 13.5. The second kappa shape index (κ2) is 10.8. The molecule has 242 valence electrons. The predicted molar refractivity (Wildman–Crippen MR) is 162 cm³/mol. The van der Waals surface area contributed by atoms with E-state index in [9.17, 15) is 29.4 Å². The van der Waals surface area contributed by atoms with Gasteiger partial charge < -0.3 is 35.8 Å². The van der Waals surface area contributed by atoms with Crippen molar-refractivity contribution in [2.75, 3.05) is 31.1 Å². The first-order valence-electron chi connectivity index (χ1n) is 14.1. The van der Waals surface area contributed by atoms with Crippen LogP contribution in [0.2, 0.25) is 0 Å². The quantitative estimate of drug-likeness (QED) is 0.138. The van der Waals surface area contributed by atoms with Crippen molar-refractivity contribution in [2.24, 2.45) is 10.4 Å². The van der Waals surface area contributed by atoms with Crippen molar-refractivity contribution in [1.29, 1.82) is 0 Å². The highest BCUT2D eigenvalue weighted by molar-refractivity contribution is 6.67. The van der Waals surface area contributed by atoms with Crippen LogP contribution in [-0.4, -0.2) is 110 Å². The SMILES string of the molecule is C=C1N[C@H]2[C@H](CN3C(=O)CN(c4ccccc4)C3=O)N=C(NC(=O)OCC(Cl)(Cl)Cl)N3C[C@H](NC(=O)C4(C)CC4)C(O)(O)[C@]23N1. The van der Waals surface area contributed by atoms with E-state index in [2.05, 4.69) is 32.8 Å². The van der Waals surface area contributed by atoms with E-state index in [-0.39, 0.29) is 37.3 Å². The molecule has 1 spiro atoms. The molecule has 1 aromatic carbocycles. The van der Waals surface area contributed by atoms with E-state index in [0.29, 0.717) is 18.5 Å². The Bertz CT molecular complexity index is 1480. The van der Waals surface area contributed by atoms with Crippen molar-refractivity contribution in [2.45, 2.75) is 53.1 Å². The number of carbonyl (C=O) groups excluding carboxylic acids is 4. The number of nitrogens with zero attached hydrogens (tertiary/aromatic N) is 4. The minimum Gasteiger partial charge on any atom is -0.445 e. The van der Waals surface area contributed by atoms with E-state index in [4.69, 9.17) is 39.5 Å². The molecular weight excluding hydrogens is 655 g/mol. The van der Waals surface area contributed by atoms with E-state index in [1.165, 1.54) is 9.80 Å². The minimum atomic E-state index is -2.71. The van der Waals surface area contributed by atoms with E-state index in [1.54, 1.807) is 37.3 Å². The maximum absolute atomic E-state index is 13.5. The molecule has 0 bridgehead atoms. The normalized spacial score (nSPS) is 29.4. The third-order valence-corrected chi connectivity index (χ3v) is 9.14. The molecule has 1 saturated carbocycles. The van der Waals surface area contributed by atoms with Gasteiger partial charge in [-0.3, -0.25) is 24.7 Å². The summed E-state index contributed by atoms with van der Waals surface area (Å²) < 4.78 is 3.11. The van der Waals surface area contributed by atoms with Crippen LogP contribution in [-0.2, 0) is 14.3 Å². The van der Waals surface area contributed by atoms with Gasteiger partial charge in [-0.25, -0.2) is 14.6 Å². The number of rotatable bonds is 6. The van der Waals surface area contributed by atoms with Crippen LogP contribution in [0.3, 0.4) is 0 Å². The summed E-state index contributed by atoms with van der Waals surface area (Å²) in [7, 11) is 0. The van der Waals surface area contributed by atoms with Gasteiger partial charge in [0.1, 0.15) is 19.2 Å². The Morgan fingerprint density at radius 3 is 2.53 bits per heavy atom. The van der Waals surface area contributed by atoms with Crippen molar-refractivity contribution in [3.05, 3.63) is 42.7 Å². The molecule has 0 radical (unpaired) electrons. The maximum Gasteiger partial charge on any atom is 0.414 e. The summed E-state index contributed by atoms with van der Waals surface area (Å²) in [5.41, 5.74) is -2.02. The molecule has 4 aliphatic heterocycles. The molecule has 3 saturated heterocycles. The fourth-order valence-corrected chi connectivity index (χ4v) is 6.33. The number of nitrogens with one attached hydrogen (secondary N) is 4. The monoisotopic (exact) mass is 684 g/mol. The first-order chi connectivity index (χ1) is 21.1. The highest BCUT2D eigenvalue weighted by Crippen LogP contribution is 2.48. The standard InChI is InChI=1S/C27H31Cl3N8O7/c1-14-31-19-16(10-37-18(39)12-36(23(37)42)15-6-4-3-5-7-15)32-21(34-22(41)45-13-25(28,29)30)38-11-17(27(43,44)26(19,38)35-14)33-20(40)24(2)8-9-24/h3-7,16-17,19,31,35,43-44H,1,8-13H2,2H3,(H,33,40)(H,32,34,41)/t16-,17-,19-,26-/m0/s1. The molecule has 4 heterocycles. The number of imide groups is 1. The van der Waals surface area contributed by atoms with Crippen LogP contribution in [0.5, 0.6) is 0 Å². The van der Waals surface area contributed by atoms with Gasteiger partial charge in [-0.2, -0.15) is 0 Å². The summed E-state index contributed by atoms with van der Waals surface area (Å²) in [4.78, 5) is 60.8. The number of amides is 5. The number of aliphatic imine (C=N–C) groups is 1. The van der Waals surface area contributed by atoms with Crippen molar-refractivity contribution in [3.63, 3.8) is 0 Å². The number of benzene rings is 1. The smallest absolute Gasteiger partial charge is 0.414 e. The van der Waals surface area contributed by atoms with Crippen LogP contribution >= 0.6 is 34.8 Å². The van der Waals surface area contributed by atoms with Crippen molar-refractivity contribution in [3.8, 4) is 0 Å². The topological polar surface area (TPSA) is 188 Å². The zero-order chi connectivity index (χ0) is 32.5. The highest BCUT2D eigenvalue weighted by atomic mass is 35.6. The second-order valence-electron chi connectivity index (χ2n) is 12.0. The average molecular weight is 686 g/mol. The van der Waals surface area contributed by atoms with Gasteiger partial charge in [0.25, 0.3) is 5.91 Å². The van der Waals surface area contributed by atoms with Gasteiger partial charge in [-0.1, -0.05) is 66.5 Å². The number of halogens is 3. The molecule has 18 heteroatoms. The number of anilines is 1. The summed E-state index contributed by atoms with van der Waals surface area (Å²) in [5.74, 6) is -3.62. The van der Waals surface area contributed by atoms with Crippen LogP contribution in [0, 0.1) is 5.41 Å². The van der Waals surface area contributed by atoms with Gasteiger partial charge in [0.15, 0.2) is 5.66 Å². The number of carbonyl (C=O) groups is 4. The number of alkyl halides is 3. The molecule has 15 nitrogen and oxygen atoms in total. The summed E-state index contributed by atoms with van der Waals surface area (Å²) in [6.45, 7) is 4.30. The van der Waals surface area contributed by atoms with Crippen molar-refractivity contribution in [1.82, 2.24) is 31.1 Å². The number of hydrogen-bond donors (Lipinski definition) is 6. The fourth-order valence-electron chi connectivity index (χ4n) is 6.17. The average Bonchev–Trinajstić information content (AvgIpc) is 3.44. The van der Waals surface area contributed by atoms with E-state index in [1.807, 2.05) is 0 Å². The van der Waals surface area contributed by atoms with E-state index in [0.717, 1.165) is 4.90 Å². The Morgan fingerprint density at radius 2 is 1.89 bits per heavy atom. The van der Waals surface area contributed by atoms with Gasteiger partial charge in [-0.15, -0.1) is 0 Å². The van der Waals surface area contributed by atoms with Gasteiger partial charge in [0, 0.05) is 17.6 Å². The Labute approximate surface area is 272 Å². The van der Waals surface area contributed by atoms with E-state index >= 15 is 0 Å². The molecule has 1 aliphatic carbocycles. The van der Waals surface area contributed by atoms with Crippen LogP contribution in [0.1, 0.15) is 19.8 Å².